The molecule has 6 heteroatoms. The lowest BCUT2D eigenvalue weighted by Gasteiger charge is -2.28. The van der Waals surface area contributed by atoms with Crippen molar-refractivity contribution in [3.05, 3.63) is 60.3 Å². The molecule has 0 atom stereocenters. The van der Waals surface area contributed by atoms with Crippen LogP contribution in [-0.2, 0) is 20.8 Å². The monoisotopic (exact) mass is 377 g/mol. The minimum absolute atomic E-state index is 0.180. The summed E-state index contributed by atoms with van der Waals surface area (Å²) >= 11 is 0. The maximum absolute atomic E-state index is 11.7. The average molecular weight is 377 g/mol. The zero-order valence-corrected chi connectivity index (χ0v) is 15.9. The SMILES string of the molecule is COC(=O)Cn1cc(C=Nc2ccc(N3CCOCC3)cc2)c2ccccc21. The molecule has 6 nitrogen and oxygen atoms in total. The van der Waals surface area contributed by atoms with Gasteiger partial charge in [-0.2, -0.15) is 0 Å². The third-order valence-electron chi connectivity index (χ3n) is 4.93. The Bertz CT molecular complexity index is 986. The Morgan fingerprint density at radius 2 is 1.89 bits per heavy atom. The van der Waals surface area contributed by atoms with E-state index in [0.717, 1.165) is 48.5 Å². The lowest BCUT2D eigenvalue weighted by Crippen LogP contribution is -2.36. The van der Waals surface area contributed by atoms with Crippen molar-refractivity contribution in [1.82, 2.24) is 4.57 Å². The smallest absolute Gasteiger partial charge is 0.325 e. The molecule has 0 amide bonds. The van der Waals surface area contributed by atoms with Crippen LogP contribution in [-0.4, -0.2) is 50.2 Å². The second-order valence-electron chi connectivity index (χ2n) is 6.68. The molecule has 0 N–H and O–H groups in total. The van der Waals surface area contributed by atoms with Crippen LogP contribution < -0.4 is 4.90 Å². The number of aromatic nitrogens is 1. The summed E-state index contributed by atoms with van der Waals surface area (Å²) in [4.78, 5) is 18.6. The Hall–Kier alpha value is -3.12. The van der Waals surface area contributed by atoms with Gasteiger partial charge in [0.05, 0.1) is 26.0 Å². The summed E-state index contributed by atoms with van der Waals surface area (Å²) in [6, 6.07) is 16.2. The number of rotatable bonds is 5. The van der Waals surface area contributed by atoms with Crippen LogP contribution in [0.5, 0.6) is 0 Å². The number of methoxy groups -OCH3 is 1. The fourth-order valence-corrected chi connectivity index (χ4v) is 3.43. The number of carbonyl (C=O) groups is 1. The molecule has 2 aromatic carbocycles. The van der Waals surface area contributed by atoms with E-state index >= 15 is 0 Å². The number of hydrogen-bond acceptors (Lipinski definition) is 5. The molecule has 0 bridgehead atoms. The quantitative estimate of drug-likeness (QED) is 0.505. The predicted octanol–water partition coefficient (Wildman–Crippen LogP) is 3.40. The van der Waals surface area contributed by atoms with Crippen LogP contribution in [0.25, 0.3) is 10.9 Å². The van der Waals surface area contributed by atoms with Crippen LogP contribution in [0.4, 0.5) is 11.4 Å². The second-order valence-corrected chi connectivity index (χ2v) is 6.68. The van der Waals surface area contributed by atoms with E-state index in [-0.39, 0.29) is 12.5 Å². The molecular formula is C22H23N3O3. The van der Waals surface area contributed by atoms with Crippen molar-refractivity contribution < 1.29 is 14.3 Å². The molecule has 0 spiro atoms. The average Bonchev–Trinajstić information content (AvgIpc) is 3.10. The lowest BCUT2D eigenvalue weighted by molar-refractivity contribution is -0.141. The van der Waals surface area contributed by atoms with Gasteiger partial charge in [-0.05, 0) is 30.3 Å². The molecule has 0 unspecified atom stereocenters. The summed E-state index contributed by atoms with van der Waals surface area (Å²) in [5.74, 6) is -0.275. The van der Waals surface area contributed by atoms with E-state index in [9.17, 15) is 4.79 Å². The van der Waals surface area contributed by atoms with Crippen LogP contribution in [0.2, 0.25) is 0 Å². The molecule has 1 fully saturated rings. The van der Waals surface area contributed by atoms with Crippen molar-refractivity contribution in [3.63, 3.8) is 0 Å². The van der Waals surface area contributed by atoms with E-state index in [2.05, 4.69) is 22.0 Å². The van der Waals surface area contributed by atoms with Crippen molar-refractivity contribution in [2.75, 3.05) is 38.3 Å². The van der Waals surface area contributed by atoms with Crippen molar-refractivity contribution >= 4 is 34.5 Å². The van der Waals surface area contributed by atoms with Gasteiger partial charge < -0.3 is 18.9 Å². The van der Waals surface area contributed by atoms with Crippen LogP contribution >= 0.6 is 0 Å². The number of fused-ring (bicyclic) bond motifs is 1. The summed E-state index contributed by atoms with van der Waals surface area (Å²) in [5, 5.41) is 1.06. The normalized spacial score (nSPS) is 14.7. The lowest BCUT2D eigenvalue weighted by atomic mass is 10.2. The molecule has 0 radical (unpaired) electrons. The molecule has 28 heavy (non-hydrogen) atoms. The molecule has 1 aliphatic heterocycles. The molecule has 3 aromatic rings. The van der Waals surface area contributed by atoms with Gasteiger partial charge in [0.25, 0.3) is 0 Å². The van der Waals surface area contributed by atoms with Gasteiger partial charge in [0, 0.05) is 47.7 Å². The Labute approximate surface area is 164 Å². The molecule has 1 saturated heterocycles. The fourth-order valence-electron chi connectivity index (χ4n) is 3.43. The maximum atomic E-state index is 11.7. The first kappa shape index (κ1) is 18.3. The maximum Gasteiger partial charge on any atom is 0.325 e. The second kappa shape index (κ2) is 8.27. The molecule has 0 aliphatic carbocycles. The van der Waals surface area contributed by atoms with Gasteiger partial charge in [0.2, 0.25) is 0 Å². The first-order valence-corrected chi connectivity index (χ1v) is 9.36. The molecule has 1 aromatic heterocycles. The molecule has 0 saturated carbocycles. The Morgan fingerprint density at radius 3 is 2.64 bits per heavy atom. The van der Waals surface area contributed by atoms with Gasteiger partial charge >= 0.3 is 5.97 Å². The van der Waals surface area contributed by atoms with Crippen LogP contribution in [0.15, 0.2) is 59.7 Å². The van der Waals surface area contributed by atoms with Gasteiger partial charge in [-0.25, -0.2) is 0 Å². The van der Waals surface area contributed by atoms with Crippen LogP contribution in [0.1, 0.15) is 5.56 Å². The zero-order valence-electron chi connectivity index (χ0n) is 15.9. The number of nitrogens with zero attached hydrogens (tertiary/aromatic N) is 3. The van der Waals surface area contributed by atoms with E-state index in [4.69, 9.17) is 9.47 Å². The van der Waals surface area contributed by atoms with Gasteiger partial charge in [-0.3, -0.25) is 9.79 Å². The van der Waals surface area contributed by atoms with Gasteiger partial charge in [-0.1, -0.05) is 18.2 Å². The Balaban J connectivity index is 1.55. The van der Waals surface area contributed by atoms with E-state index in [1.165, 1.54) is 12.8 Å². The number of benzene rings is 2. The third kappa shape index (κ3) is 3.92. The summed E-state index contributed by atoms with van der Waals surface area (Å²) in [6.07, 6.45) is 3.78. The number of anilines is 1. The summed E-state index contributed by atoms with van der Waals surface area (Å²) in [6.45, 7) is 3.56. The Morgan fingerprint density at radius 1 is 1.14 bits per heavy atom. The molecule has 4 rings (SSSR count). The highest BCUT2D eigenvalue weighted by atomic mass is 16.5. The Kier molecular flexibility index (Phi) is 5.39. The highest BCUT2D eigenvalue weighted by molar-refractivity contribution is 6.00. The fraction of sp³-hybridized carbons (Fsp3) is 0.273. The summed E-state index contributed by atoms with van der Waals surface area (Å²) < 4.78 is 12.1. The number of ether oxygens (including phenoxy) is 2. The minimum Gasteiger partial charge on any atom is -0.468 e. The largest absolute Gasteiger partial charge is 0.468 e. The molecule has 1 aliphatic rings. The first-order valence-electron chi connectivity index (χ1n) is 9.36. The number of hydrogen-bond donors (Lipinski definition) is 0. The van der Waals surface area contributed by atoms with E-state index in [1.54, 1.807) is 0 Å². The van der Waals surface area contributed by atoms with Crippen molar-refractivity contribution in [1.29, 1.82) is 0 Å². The molecular weight excluding hydrogens is 354 g/mol. The van der Waals surface area contributed by atoms with E-state index < -0.39 is 0 Å². The van der Waals surface area contributed by atoms with Gasteiger partial charge in [0.15, 0.2) is 0 Å². The van der Waals surface area contributed by atoms with E-state index in [0.29, 0.717) is 0 Å². The van der Waals surface area contributed by atoms with Crippen LogP contribution in [0.3, 0.4) is 0 Å². The van der Waals surface area contributed by atoms with Gasteiger partial charge in [-0.15, -0.1) is 0 Å². The van der Waals surface area contributed by atoms with Crippen molar-refractivity contribution in [2.24, 2.45) is 4.99 Å². The highest BCUT2D eigenvalue weighted by Gasteiger charge is 2.11. The number of morpholine rings is 1. The number of aliphatic imine (C=N–C) groups is 1. The van der Waals surface area contributed by atoms with Crippen LogP contribution in [0, 0.1) is 0 Å². The third-order valence-corrected chi connectivity index (χ3v) is 4.93. The molecule has 144 valence electrons. The first-order chi connectivity index (χ1) is 13.7. The zero-order chi connectivity index (χ0) is 19.3. The minimum atomic E-state index is -0.275. The van der Waals surface area contributed by atoms with E-state index in [1.807, 2.05) is 53.4 Å². The van der Waals surface area contributed by atoms with Crippen molar-refractivity contribution in [3.8, 4) is 0 Å². The topological polar surface area (TPSA) is 56.1 Å². The standard InChI is InChI=1S/C22H23N3O3/c1-27-22(26)16-25-15-17(20-4-2-3-5-21(20)25)14-23-18-6-8-19(9-7-18)24-10-12-28-13-11-24/h2-9,14-15H,10-13,16H2,1H3. The predicted molar refractivity (Wildman–Crippen MR) is 111 cm³/mol. The summed E-state index contributed by atoms with van der Waals surface area (Å²) in [5.41, 5.74) is 4.03. The molecule has 2 heterocycles. The van der Waals surface area contributed by atoms with Gasteiger partial charge in [0.1, 0.15) is 6.54 Å². The van der Waals surface area contributed by atoms with Crippen molar-refractivity contribution in [2.45, 2.75) is 6.54 Å². The number of esters is 1. The highest BCUT2D eigenvalue weighted by Crippen LogP contribution is 2.23. The summed E-state index contributed by atoms with van der Waals surface area (Å²) in [7, 11) is 1.40. The number of para-hydroxylation sites is 1. The number of carbonyl (C=O) groups excluding carboxylic acids is 1.